The van der Waals surface area contributed by atoms with Gasteiger partial charge in [0.05, 0.1) is 0 Å². The van der Waals surface area contributed by atoms with Crippen molar-refractivity contribution >= 4 is 11.6 Å². The minimum Gasteiger partial charge on any atom is -0.357 e. The molecule has 0 aliphatic rings. The summed E-state index contributed by atoms with van der Waals surface area (Å²) in [7, 11) is 1.68. The maximum absolute atomic E-state index is 11.5. The maximum atomic E-state index is 11.5. The van der Waals surface area contributed by atoms with Crippen LogP contribution in [-0.2, 0) is 0 Å². The Morgan fingerprint density at radius 3 is 2.93 bits per heavy atom. The first kappa shape index (κ1) is 8.68. The standard InChI is InChI=1S/C9H10N4O/c1-6-4-3-5-13-7(6)11-8(10-2)12-9(13)14/h3-5H,1-2H3,(H,10,12,14). The molecule has 0 aromatic carbocycles. The third-order valence-electron chi connectivity index (χ3n) is 2.01. The molecule has 2 aromatic rings. The molecule has 0 saturated heterocycles. The van der Waals surface area contributed by atoms with E-state index in [1.165, 1.54) is 4.40 Å². The molecule has 0 radical (unpaired) electrons. The van der Waals surface area contributed by atoms with Crippen LogP contribution >= 0.6 is 0 Å². The van der Waals surface area contributed by atoms with Gasteiger partial charge in [0.2, 0.25) is 5.95 Å². The zero-order valence-corrected chi connectivity index (χ0v) is 7.98. The number of rotatable bonds is 1. The Morgan fingerprint density at radius 1 is 1.43 bits per heavy atom. The lowest BCUT2D eigenvalue weighted by Gasteiger charge is -2.03. The maximum Gasteiger partial charge on any atom is 0.356 e. The van der Waals surface area contributed by atoms with Crippen LogP contribution < -0.4 is 11.0 Å². The van der Waals surface area contributed by atoms with Crippen LogP contribution in [0.4, 0.5) is 5.95 Å². The largest absolute Gasteiger partial charge is 0.357 e. The summed E-state index contributed by atoms with van der Waals surface area (Å²) >= 11 is 0. The fourth-order valence-electron chi connectivity index (χ4n) is 1.29. The highest BCUT2D eigenvalue weighted by molar-refractivity contribution is 5.48. The van der Waals surface area contributed by atoms with Crippen molar-refractivity contribution in [2.75, 3.05) is 12.4 Å². The highest BCUT2D eigenvalue weighted by Crippen LogP contribution is 2.05. The molecule has 0 bridgehead atoms. The van der Waals surface area contributed by atoms with Crippen LogP contribution in [0.3, 0.4) is 0 Å². The van der Waals surface area contributed by atoms with Crippen molar-refractivity contribution in [1.29, 1.82) is 0 Å². The van der Waals surface area contributed by atoms with Crippen LogP contribution in [0.15, 0.2) is 23.1 Å². The summed E-state index contributed by atoms with van der Waals surface area (Å²) in [5.41, 5.74) is 1.27. The first-order valence-electron chi connectivity index (χ1n) is 4.26. The Balaban J connectivity index is 2.91. The van der Waals surface area contributed by atoms with Crippen molar-refractivity contribution < 1.29 is 0 Å². The molecule has 0 spiro atoms. The molecular formula is C9H10N4O. The normalized spacial score (nSPS) is 10.4. The Kier molecular flexibility index (Phi) is 1.92. The molecule has 0 aliphatic carbocycles. The zero-order chi connectivity index (χ0) is 10.1. The van der Waals surface area contributed by atoms with Gasteiger partial charge in [0.1, 0.15) is 5.65 Å². The summed E-state index contributed by atoms with van der Waals surface area (Å²) in [6, 6.07) is 3.70. The first-order chi connectivity index (χ1) is 6.72. The fourth-order valence-corrected chi connectivity index (χ4v) is 1.29. The summed E-state index contributed by atoms with van der Waals surface area (Å²) in [5, 5.41) is 2.75. The van der Waals surface area contributed by atoms with Crippen molar-refractivity contribution in [3.63, 3.8) is 0 Å². The molecule has 5 nitrogen and oxygen atoms in total. The number of aryl methyl sites for hydroxylation is 1. The lowest BCUT2D eigenvalue weighted by atomic mass is 10.3. The van der Waals surface area contributed by atoms with Crippen LogP contribution in [0.25, 0.3) is 5.65 Å². The number of nitrogens with one attached hydrogen (secondary N) is 1. The van der Waals surface area contributed by atoms with Crippen LogP contribution in [0.5, 0.6) is 0 Å². The second-order valence-corrected chi connectivity index (χ2v) is 2.96. The van der Waals surface area contributed by atoms with Crippen molar-refractivity contribution in [3.05, 3.63) is 34.4 Å². The molecular weight excluding hydrogens is 180 g/mol. The van der Waals surface area contributed by atoms with Gasteiger partial charge in [-0.05, 0) is 18.6 Å². The Hall–Kier alpha value is -1.91. The number of hydrogen-bond donors (Lipinski definition) is 1. The number of aromatic nitrogens is 3. The van der Waals surface area contributed by atoms with E-state index in [0.29, 0.717) is 11.6 Å². The van der Waals surface area contributed by atoms with Gasteiger partial charge < -0.3 is 5.32 Å². The highest BCUT2D eigenvalue weighted by Gasteiger charge is 2.03. The van der Waals surface area contributed by atoms with Gasteiger partial charge in [0.25, 0.3) is 0 Å². The minimum atomic E-state index is -0.317. The van der Waals surface area contributed by atoms with E-state index >= 15 is 0 Å². The highest BCUT2D eigenvalue weighted by atomic mass is 16.1. The van der Waals surface area contributed by atoms with E-state index in [-0.39, 0.29) is 5.69 Å². The molecule has 0 saturated carbocycles. The minimum absolute atomic E-state index is 0.317. The summed E-state index contributed by atoms with van der Waals surface area (Å²) in [6.45, 7) is 1.90. The molecule has 2 aromatic heterocycles. The first-order valence-corrected chi connectivity index (χ1v) is 4.26. The quantitative estimate of drug-likeness (QED) is 0.708. The van der Waals surface area contributed by atoms with E-state index < -0.39 is 0 Å². The third-order valence-corrected chi connectivity index (χ3v) is 2.01. The van der Waals surface area contributed by atoms with Crippen LogP contribution in [0.1, 0.15) is 5.56 Å². The van der Waals surface area contributed by atoms with Crippen LogP contribution in [0, 0.1) is 6.92 Å². The molecule has 0 fully saturated rings. The number of pyridine rings is 1. The van der Waals surface area contributed by atoms with Gasteiger partial charge in [0, 0.05) is 13.2 Å². The van der Waals surface area contributed by atoms with Crippen molar-refractivity contribution in [2.45, 2.75) is 6.92 Å². The van der Waals surface area contributed by atoms with Crippen molar-refractivity contribution in [2.24, 2.45) is 0 Å². The average molecular weight is 190 g/mol. The van der Waals surface area contributed by atoms with Crippen molar-refractivity contribution in [1.82, 2.24) is 14.4 Å². The molecule has 0 unspecified atom stereocenters. The summed E-state index contributed by atoms with van der Waals surface area (Å²) in [6.07, 6.45) is 1.66. The van der Waals surface area contributed by atoms with Gasteiger partial charge in [-0.2, -0.15) is 9.97 Å². The summed E-state index contributed by atoms with van der Waals surface area (Å²) < 4.78 is 1.43. The average Bonchev–Trinajstić information content (AvgIpc) is 2.19. The van der Waals surface area contributed by atoms with E-state index in [0.717, 1.165) is 5.56 Å². The lowest BCUT2D eigenvalue weighted by molar-refractivity contribution is 0.937. The van der Waals surface area contributed by atoms with E-state index in [1.807, 2.05) is 13.0 Å². The fraction of sp³-hybridized carbons (Fsp3) is 0.222. The molecule has 72 valence electrons. The predicted molar refractivity (Wildman–Crippen MR) is 53.5 cm³/mol. The molecule has 2 heterocycles. The van der Waals surface area contributed by atoms with E-state index in [4.69, 9.17) is 0 Å². The van der Waals surface area contributed by atoms with Gasteiger partial charge in [-0.25, -0.2) is 4.79 Å². The Labute approximate surface area is 80.4 Å². The monoisotopic (exact) mass is 190 g/mol. The van der Waals surface area contributed by atoms with Gasteiger partial charge in [0.15, 0.2) is 0 Å². The lowest BCUT2D eigenvalue weighted by Crippen LogP contribution is -2.20. The van der Waals surface area contributed by atoms with Gasteiger partial charge in [-0.15, -0.1) is 0 Å². The van der Waals surface area contributed by atoms with Crippen molar-refractivity contribution in [3.8, 4) is 0 Å². The number of nitrogens with zero attached hydrogens (tertiary/aromatic N) is 3. The molecule has 14 heavy (non-hydrogen) atoms. The van der Waals surface area contributed by atoms with Gasteiger partial charge >= 0.3 is 5.69 Å². The third kappa shape index (κ3) is 1.22. The molecule has 5 heteroatoms. The topological polar surface area (TPSA) is 59.3 Å². The van der Waals surface area contributed by atoms with Gasteiger partial charge in [-0.1, -0.05) is 6.07 Å². The second kappa shape index (κ2) is 3.10. The van der Waals surface area contributed by atoms with E-state index in [1.54, 1.807) is 19.3 Å². The second-order valence-electron chi connectivity index (χ2n) is 2.96. The zero-order valence-electron chi connectivity index (χ0n) is 7.98. The number of fused-ring (bicyclic) bond motifs is 1. The molecule has 0 atom stereocenters. The summed E-state index contributed by atoms with van der Waals surface area (Å²) in [5.74, 6) is 0.351. The van der Waals surface area contributed by atoms with E-state index in [2.05, 4.69) is 15.3 Å². The summed E-state index contributed by atoms with van der Waals surface area (Å²) in [4.78, 5) is 19.4. The smallest absolute Gasteiger partial charge is 0.356 e. The number of anilines is 1. The predicted octanol–water partition coefficient (Wildman–Crippen LogP) is 0.440. The number of hydrogen-bond acceptors (Lipinski definition) is 4. The van der Waals surface area contributed by atoms with Gasteiger partial charge in [-0.3, -0.25) is 4.40 Å². The SMILES string of the molecule is CNc1nc(=O)n2cccc(C)c2n1. The van der Waals surface area contributed by atoms with Crippen LogP contribution in [-0.4, -0.2) is 21.4 Å². The molecule has 0 amide bonds. The van der Waals surface area contributed by atoms with Crippen LogP contribution in [0.2, 0.25) is 0 Å². The molecule has 0 aliphatic heterocycles. The Bertz CT molecular complexity index is 532. The molecule has 1 N–H and O–H groups in total. The Morgan fingerprint density at radius 2 is 2.21 bits per heavy atom. The molecule has 2 rings (SSSR count). The van der Waals surface area contributed by atoms with E-state index in [9.17, 15) is 4.79 Å².